The van der Waals surface area contributed by atoms with Crippen LogP contribution in [0.3, 0.4) is 0 Å². The predicted molar refractivity (Wildman–Crippen MR) is 80.8 cm³/mol. The minimum Gasteiger partial charge on any atom is -0.490 e. The molecule has 3 aliphatic carbocycles. The summed E-state index contributed by atoms with van der Waals surface area (Å²) in [5.74, 6) is 3.99. The van der Waals surface area contributed by atoms with Crippen LogP contribution >= 0.6 is 0 Å². The van der Waals surface area contributed by atoms with Crippen LogP contribution in [-0.2, 0) is 0 Å². The second kappa shape index (κ2) is 5.07. The van der Waals surface area contributed by atoms with Crippen molar-refractivity contribution in [1.82, 2.24) is 5.32 Å². The molecule has 3 fully saturated rings. The molecule has 108 valence electrons. The Morgan fingerprint density at radius 2 is 2.00 bits per heavy atom. The third-order valence-corrected chi connectivity index (χ3v) is 5.22. The lowest BCUT2D eigenvalue weighted by Crippen LogP contribution is -2.27. The van der Waals surface area contributed by atoms with Crippen LogP contribution in [0.5, 0.6) is 5.75 Å². The first-order valence-electron chi connectivity index (χ1n) is 8.33. The summed E-state index contributed by atoms with van der Waals surface area (Å²) in [6, 6.07) is 9.34. The number of rotatable bonds is 6. The highest BCUT2D eigenvalue weighted by Crippen LogP contribution is 2.57. The van der Waals surface area contributed by atoms with Crippen molar-refractivity contribution >= 4 is 0 Å². The molecule has 3 unspecified atom stereocenters. The standard InChI is InChI=1S/C18H25NO/c1-2-19-18(15-9-13-8-14(13)10-15)12-4-3-5-17(11-12)20-16-6-7-16/h3-5,11,13-16,18-19H,2,6-10H2,1H3. The highest BCUT2D eigenvalue weighted by atomic mass is 16.5. The van der Waals surface area contributed by atoms with Crippen LogP contribution in [0.1, 0.15) is 50.6 Å². The molecule has 0 aromatic heterocycles. The number of ether oxygens (including phenoxy) is 1. The fourth-order valence-corrected chi connectivity index (χ4v) is 3.97. The van der Waals surface area contributed by atoms with E-state index in [-0.39, 0.29) is 0 Å². The molecule has 1 aromatic carbocycles. The number of nitrogens with one attached hydrogen (secondary N) is 1. The van der Waals surface area contributed by atoms with Gasteiger partial charge >= 0.3 is 0 Å². The molecule has 4 rings (SSSR count). The average Bonchev–Trinajstić information content (AvgIpc) is 3.37. The highest BCUT2D eigenvalue weighted by molar-refractivity contribution is 5.32. The molecule has 1 aromatic rings. The summed E-state index contributed by atoms with van der Waals surface area (Å²) in [4.78, 5) is 0. The van der Waals surface area contributed by atoms with Crippen LogP contribution in [0.2, 0.25) is 0 Å². The van der Waals surface area contributed by atoms with Crippen molar-refractivity contribution < 1.29 is 4.74 Å². The number of benzene rings is 1. The lowest BCUT2D eigenvalue weighted by molar-refractivity contribution is 0.300. The number of fused-ring (bicyclic) bond motifs is 1. The third-order valence-electron chi connectivity index (χ3n) is 5.22. The zero-order chi connectivity index (χ0) is 13.5. The Morgan fingerprint density at radius 3 is 2.70 bits per heavy atom. The van der Waals surface area contributed by atoms with E-state index in [0.717, 1.165) is 30.0 Å². The van der Waals surface area contributed by atoms with Gasteiger partial charge < -0.3 is 10.1 Å². The molecule has 0 bridgehead atoms. The van der Waals surface area contributed by atoms with Gasteiger partial charge in [0, 0.05) is 6.04 Å². The zero-order valence-corrected chi connectivity index (χ0v) is 12.3. The topological polar surface area (TPSA) is 21.3 Å². The maximum atomic E-state index is 5.96. The summed E-state index contributed by atoms with van der Waals surface area (Å²) in [7, 11) is 0. The first-order chi connectivity index (χ1) is 9.83. The van der Waals surface area contributed by atoms with E-state index in [4.69, 9.17) is 4.74 Å². The lowest BCUT2D eigenvalue weighted by Gasteiger charge is -2.26. The molecule has 3 saturated carbocycles. The monoisotopic (exact) mass is 271 g/mol. The molecule has 1 N–H and O–H groups in total. The highest BCUT2D eigenvalue weighted by Gasteiger charge is 2.47. The van der Waals surface area contributed by atoms with Crippen LogP contribution in [0.4, 0.5) is 0 Å². The molecule has 0 radical (unpaired) electrons. The van der Waals surface area contributed by atoms with Gasteiger partial charge in [0.25, 0.3) is 0 Å². The molecule has 0 saturated heterocycles. The van der Waals surface area contributed by atoms with E-state index >= 15 is 0 Å². The third kappa shape index (κ3) is 2.58. The molecular weight excluding hydrogens is 246 g/mol. The van der Waals surface area contributed by atoms with Crippen molar-refractivity contribution in [2.75, 3.05) is 6.54 Å². The molecule has 3 atom stereocenters. The van der Waals surface area contributed by atoms with Gasteiger partial charge in [0.2, 0.25) is 0 Å². The van der Waals surface area contributed by atoms with Crippen molar-refractivity contribution in [3.8, 4) is 5.75 Å². The van der Waals surface area contributed by atoms with Crippen molar-refractivity contribution in [1.29, 1.82) is 0 Å². The van der Waals surface area contributed by atoms with Gasteiger partial charge in [0.05, 0.1) is 6.10 Å². The minimum atomic E-state index is 0.488. The molecule has 0 heterocycles. The van der Waals surface area contributed by atoms with Gasteiger partial charge in [-0.25, -0.2) is 0 Å². The van der Waals surface area contributed by atoms with E-state index < -0.39 is 0 Å². The molecule has 20 heavy (non-hydrogen) atoms. The fourth-order valence-electron chi connectivity index (χ4n) is 3.97. The van der Waals surface area contributed by atoms with Crippen LogP contribution < -0.4 is 10.1 Å². The largest absolute Gasteiger partial charge is 0.490 e. The smallest absolute Gasteiger partial charge is 0.120 e. The quantitative estimate of drug-likeness (QED) is 0.846. The molecule has 2 heteroatoms. The van der Waals surface area contributed by atoms with E-state index in [1.807, 2.05) is 0 Å². The Hall–Kier alpha value is -1.02. The Morgan fingerprint density at radius 1 is 1.20 bits per heavy atom. The van der Waals surface area contributed by atoms with Gasteiger partial charge in [-0.1, -0.05) is 19.1 Å². The minimum absolute atomic E-state index is 0.488. The summed E-state index contributed by atoms with van der Waals surface area (Å²) in [6.45, 7) is 3.26. The van der Waals surface area contributed by atoms with Gasteiger partial charge in [-0.2, -0.15) is 0 Å². The van der Waals surface area contributed by atoms with E-state index in [0.29, 0.717) is 12.1 Å². The molecular formula is C18H25NO. The van der Waals surface area contributed by atoms with E-state index in [2.05, 4.69) is 36.5 Å². The van der Waals surface area contributed by atoms with Crippen LogP contribution in [-0.4, -0.2) is 12.6 Å². The van der Waals surface area contributed by atoms with Gasteiger partial charge in [-0.3, -0.25) is 0 Å². The lowest BCUT2D eigenvalue weighted by atomic mass is 9.89. The van der Waals surface area contributed by atoms with Gasteiger partial charge in [-0.05, 0) is 74.1 Å². The second-order valence-electron chi connectivity index (χ2n) is 6.91. The molecule has 2 nitrogen and oxygen atoms in total. The summed E-state index contributed by atoms with van der Waals surface area (Å²) >= 11 is 0. The summed E-state index contributed by atoms with van der Waals surface area (Å²) in [5, 5.41) is 3.72. The fraction of sp³-hybridized carbons (Fsp3) is 0.667. The van der Waals surface area contributed by atoms with Crippen molar-refractivity contribution in [3.63, 3.8) is 0 Å². The van der Waals surface area contributed by atoms with Gasteiger partial charge in [-0.15, -0.1) is 0 Å². The maximum absolute atomic E-state index is 5.96. The van der Waals surface area contributed by atoms with Crippen molar-refractivity contribution in [2.45, 2.75) is 51.2 Å². The van der Waals surface area contributed by atoms with Crippen LogP contribution in [0, 0.1) is 17.8 Å². The van der Waals surface area contributed by atoms with Gasteiger partial charge in [0.15, 0.2) is 0 Å². The average molecular weight is 271 g/mol. The Balaban J connectivity index is 1.51. The van der Waals surface area contributed by atoms with Gasteiger partial charge in [0.1, 0.15) is 5.75 Å². The van der Waals surface area contributed by atoms with E-state index in [9.17, 15) is 0 Å². The Bertz CT molecular complexity index is 472. The normalized spacial score (nSPS) is 32.8. The predicted octanol–water partition coefficient (Wildman–Crippen LogP) is 3.92. The SMILES string of the molecule is CCNC(c1cccc(OC2CC2)c1)C1CC2CC2C1. The molecule has 3 aliphatic rings. The second-order valence-corrected chi connectivity index (χ2v) is 6.91. The first kappa shape index (κ1) is 12.7. The maximum Gasteiger partial charge on any atom is 0.120 e. The van der Waals surface area contributed by atoms with Crippen LogP contribution in [0.25, 0.3) is 0 Å². The summed E-state index contributed by atoms with van der Waals surface area (Å²) in [6.07, 6.45) is 7.30. The van der Waals surface area contributed by atoms with Crippen LogP contribution in [0.15, 0.2) is 24.3 Å². The molecule has 0 spiro atoms. The molecule has 0 amide bonds. The zero-order valence-electron chi connectivity index (χ0n) is 12.3. The number of hydrogen-bond acceptors (Lipinski definition) is 2. The van der Waals surface area contributed by atoms with E-state index in [1.165, 1.54) is 37.7 Å². The summed E-state index contributed by atoms with van der Waals surface area (Å²) < 4.78 is 5.96. The molecule has 0 aliphatic heterocycles. The van der Waals surface area contributed by atoms with Crippen molar-refractivity contribution in [3.05, 3.63) is 29.8 Å². The van der Waals surface area contributed by atoms with E-state index in [1.54, 1.807) is 0 Å². The summed E-state index contributed by atoms with van der Waals surface area (Å²) in [5.41, 5.74) is 1.43. The first-order valence-corrected chi connectivity index (χ1v) is 8.33. The Kier molecular flexibility index (Phi) is 3.22. The number of hydrogen-bond donors (Lipinski definition) is 1. The van der Waals surface area contributed by atoms with Crippen molar-refractivity contribution in [2.24, 2.45) is 17.8 Å². The Labute approximate surface area is 121 Å².